The van der Waals surface area contributed by atoms with Crippen molar-refractivity contribution >= 4 is 44.7 Å². The summed E-state index contributed by atoms with van der Waals surface area (Å²) in [5.74, 6) is -1.73. The minimum absolute atomic E-state index is 0.129. The van der Waals surface area contributed by atoms with Crippen molar-refractivity contribution in [3.63, 3.8) is 0 Å². The Morgan fingerprint density at radius 1 is 0.971 bits per heavy atom. The van der Waals surface area contributed by atoms with Crippen molar-refractivity contribution in [2.75, 3.05) is 16.6 Å². The molecule has 0 saturated carbocycles. The number of ether oxygens (including phenoxy) is 1. The molecule has 0 aliphatic carbocycles. The summed E-state index contributed by atoms with van der Waals surface area (Å²) in [6.07, 6.45) is 0. The molecule has 0 fully saturated rings. The summed E-state index contributed by atoms with van der Waals surface area (Å²) < 4.78 is 32.7. The van der Waals surface area contributed by atoms with E-state index in [0.717, 1.165) is 12.1 Å². The highest BCUT2D eigenvalue weighted by atomic mass is 32.2. The molecule has 0 atom stereocenters. The lowest BCUT2D eigenvalue weighted by Crippen LogP contribution is -2.18. The average molecular weight is 497 g/mol. The van der Waals surface area contributed by atoms with Crippen LogP contribution in [0.2, 0.25) is 0 Å². The van der Waals surface area contributed by atoms with E-state index < -0.39 is 39.0 Å². The highest BCUT2D eigenvalue weighted by Crippen LogP contribution is 2.23. The van der Waals surface area contributed by atoms with Crippen molar-refractivity contribution < 1.29 is 32.5 Å². The lowest BCUT2D eigenvalue weighted by molar-refractivity contribution is -0.385. The van der Waals surface area contributed by atoms with Crippen LogP contribution in [0, 0.1) is 10.1 Å². The second-order valence-corrected chi connectivity index (χ2v) is 8.85. The van der Waals surface area contributed by atoms with Crippen LogP contribution < -0.4 is 10.0 Å². The summed E-state index contributed by atoms with van der Waals surface area (Å²) in [6, 6.07) is 16.0. The van der Waals surface area contributed by atoms with Crippen LogP contribution in [0.25, 0.3) is 0 Å². The van der Waals surface area contributed by atoms with Crippen LogP contribution in [0.5, 0.6) is 0 Å². The maximum atomic E-state index is 12.7. The van der Waals surface area contributed by atoms with Gasteiger partial charge < -0.3 is 10.1 Å². The normalized spacial score (nSPS) is 10.8. The summed E-state index contributed by atoms with van der Waals surface area (Å²) in [4.78, 5) is 45.9. The fraction of sp³-hybridized carbons (Fsp3) is 0.0870. The number of rotatable bonds is 9. The first kappa shape index (κ1) is 25.1. The molecule has 2 N–H and O–H groups in total. The van der Waals surface area contributed by atoms with Crippen molar-refractivity contribution in [3.8, 4) is 0 Å². The van der Waals surface area contributed by atoms with Gasteiger partial charge in [0.25, 0.3) is 15.7 Å². The Labute approximate surface area is 199 Å². The standard InChI is InChI=1S/C23H19N3O8S/c1-15(27)24-17-11-9-16(10-12-17)22(28)14-34-23(29)20-7-2-3-8-21(20)25-35(32,33)19-6-4-5-18(13-19)26(30)31/h2-13,25H,14H2,1H3,(H,24,27). The molecule has 0 saturated heterocycles. The fourth-order valence-corrected chi connectivity index (χ4v) is 4.07. The lowest BCUT2D eigenvalue weighted by Gasteiger charge is -2.12. The summed E-state index contributed by atoms with van der Waals surface area (Å²) in [6.45, 7) is 0.740. The predicted octanol–water partition coefficient (Wildman–Crippen LogP) is 3.39. The number of Topliss-reactive ketones (excluding diaryl/α,β-unsaturated/α-hetero) is 1. The number of benzene rings is 3. The van der Waals surface area contributed by atoms with Gasteiger partial charge in [-0.05, 0) is 42.5 Å². The third kappa shape index (κ3) is 6.48. The maximum absolute atomic E-state index is 12.7. The molecule has 35 heavy (non-hydrogen) atoms. The summed E-state index contributed by atoms with van der Waals surface area (Å²) >= 11 is 0. The zero-order valence-electron chi connectivity index (χ0n) is 18.3. The largest absolute Gasteiger partial charge is 0.454 e. The van der Waals surface area contributed by atoms with Gasteiger partial charge in [-0.1, -0.05) is 18.2 Å². The number of non-ortho nitro benzene ring substituents is 1. The molecule has 3 rings (SSSR count). The number of hydrogen-bond acceptors (Lipinski definition) is 8. The second kappa shape index (κ2) is 10.6. The number of amides is 1. The van der Waals surface area contributed by atoms with Crippen molar-refractivity contribution in [1.29, 1.82) is 0 Å². The van der Waals surface area contributed by atoms with E-state index in [0.29, 0.717) is 5.69 Å². The molecule has 12 heteroatoms. The molecule has 0 aliphatic rings. The molecule has 3 aromatic rings. The quantitative estimate of drug-likeness (QED) is 0.197. The minimum atomic E-state index is -4.27. The zero-order chi connectivity index (χ0) is 25.6. The average Bonchev–Trinajstić information content (AvgIpc) is 2.82. The van der Waals surface area contributed by atoms with Gasteiger partial charge in [0.1, 0.15) is 0 Å². The monoisotopic (exact) mass is 497 g/mol. The van der Waals surface area contributed by atoms with Crippen LogP contribution in [-0.4, -0.2) is 37.6 Å². The van der Waals surface area contributed by atoms with Gasteiger partial charge in [0.2, 0.25) is 5.91 Å². The molecular formula is C23H19N3O8S. The molecule has 0 heterocycles. The third-order valence-corrected chi connectivity index (χ3v) is 5.95. The van der Waals surface area contributed by atoms with E-state index in [1.165, 1.54) is 67.6 Å². The maximum Gasteiger partial charge on any atom is 0.340 e. The van der Waals surface area contributed by atoms with E-state index in [1.54, 1.807) is 0 Å². The first-order valence-corrected chi connectivity index (χ1v) is 11.5. The smallest absolute Gasteiger partial charge is 0.340 e. The number of nitro benzene ring substituents is 1. The van der Waals surface area contributed by atoms with Crippen LogP contribution in [-0.2, 0) is 19.6 Å². The molecule has 11 nitrogen and oxygen atoms in total. The molecule has 3 aromatic carbocycles. The lowest BCUT2D eigenvalue weighted by atomic mass is 10.1. The molecule has 0 radical (unpaired) electrons. The van der Waals surface area contributed by atoms with Gasteiger partial charge in [0.15, 0.2) is 12.4 Å². The number of hydrogen-bond donors (Lipinski definition) is 2. The molecule has 180 valence electrons. The molecule has 0 aromatic heterocycles. The highest BCUT2D eigenvalue weighted by molar-refractivity contribution is 7.92. The Hall–Kier alpha value is -4.58. The van der Waals surface area contributed by atoms with Crippen LogP contribution in [0.3, 0.4) is 0 Å². The minimum Gasteiger partial charge on any atom is -0.454 e. The number of nitrogens with one attached hydrogen (secondary N) is 2. The number of esters is 1. The Morgan fingerprint density at radius 2 is 1.66 bits per heavy atom. The SMILES string of the molecule is CC(=O)Nc1ccc(C(=O)COC(=O)c2ccccc2NS(=O)(=O)c2cccc([N+](=O)[O-])c2)cc1. The van der Waals surface area contributed by atoms with E-state index in [4.69, 9.17) is 4.74 Å². The van der Waals surface area contributed by atoms with Crippen molar-refractivity contribution in [2.24, 2.45) is 0 Å². The van der Waals surface area contributed by atoms with Crippen molar-refractivity contribution in [3.05, 3.63) is 94.0 Å². The molecule has 0 spiro atoms. The first-order chi connectivity index (χ1) is 16.6. The fourth-order valence-electron chi connectivity index (χ4n) is 2.95. The highest BCUT2D eigenvalue weighted by Gasteiger charge is 2.22. The summed E-state index contributed by atoms with van der Waals surface area (Å²) in [5.41, 5.74) is 0.0400. The van der Waals surface area contributed by atoms with Gasteiger partial charge in [0, 0.05) is 30.3 Å². The van der Waals surface area contributed by atoms with E-state index >= 15 is 0 Å². The van der Waals surface area contributed by atoms with Gasteiger partial charge in [-0.25, -0.2) is 13.2 Å². The number of carbonyl (C=O) groups excluding carboxylic acids is 3. The van der Waals surface area contributed by atoms with Crippen LogP contribution >= 0.6 is 0 Å². The van der Waals surface area contributed by atoms with Crippen LogP contribution in [0.4, 0.5) is 17.1 Å². The van der Waals surface area contributed by atoms with Crippen LogP contribution in [0.1, 0.15) is 27.6 Å². The summed E-state index contributed by atoms with van der Waals surface area (Å²) in [7, 11) is -4.27. The van der Waals surface area contributed by atoms with Crippen molar-refractivity contribution in [2.45, 2.75) is 11.8 Å². The molecule has 1 amide bonds. The number of carbonyl (C=O) groups is 3. The Morgan fingerprint density at radius 3 is 2.31 bits per heavy atom. The van der Waals surface area contributed by atoms with Gasteiger partial charge in [-0.3, -0.25) is 24.4 Å². The Kier molecular flexibility index (Phi) is 7.56. The molecule has 0 unspecified atom stereocenters. The number of anilines is 2. The third-order valence-electron chi connectivity index (χ3n) is 4.59. The molecule has 0 bridgehead atoms. The van der Waals surface area contributed by atoms with Gasteiger partial charge >= 0.3 is 5.97 Å². The topological polar surface area (TPSA) is 162 Å². The van der Waals surface area contributed by atoms with E-state index in [9.17, 15) is 32.9 Å². The molecule has 0 aliphatic heterocycles. The number of nitrogens with zero attached hydrogens (tertiary/aromatic N) is 1. The Bertz CT molecular complexity index is 1400. The van der Waals surface area contributed by atoms with Gasteiger partial charge in [-0.15, -0.1) is 0 Å². The van der Waals surface area contributed by atoms with Gasteiger partial charge in [0.05, 0.1) is 21.1 Å². The summed E-state index contributed by atoms with van der Waals surface area (Å²) in [5, 5.41) is 13.5. The van der Waals surface area contributed by atoms with E-state index in [2.05, 4.69) is 10.0 Å². The first-order valence-electron chi connectivity index (χ1n) is 10.0. The second-order valence-electron chi connectivity index (χ2n) is 7.16. The molecular weight excluding hydrogens is 478 g/mol. The number of ketones is 1. The Balaban J connectivity index is 1.72. The van der Waals surface area contributed by atoms with Crippen LogP contribution in [0.15, 0.2) is 77.7 Å². The van der Waals surface area contributed by atoms with E-state index in [-0.39, 0.29) is 27.6 Å². The van der Waals surface area contributed by atoms with Gasteiger partial charge in [-0.2, -0.15) is 0 Å². The number of sulfonamides is 1. The van der Waals surface area contributed by atoms with Crippen molar-refractivity contribution in [1.82, 2.24) is 0 Å². The number of para-hydroxylation sites is 1. The number of nitro groups is 1. The van der Waals surface area contributed by atoms with E-state index in [1.807, 2.05) is 0 Å². The predicted molar refractivity (Wildman–Crippen MR) is 126 cm³/mol. The zero-order valence-corrected chi connectivity index (χ0v) is 19.1.